The number of hydrogen-bond acceptors (Lipinski definition) is 7. The van der Waals surface area contributed by atoms with Gasteiger partial charge in [-0.25, -0.2) is 4.79 Å². The van der Waals surface area contributed by atoms with Crippen LogP contribution >= 0.6 is 0 Å². The first-order valence-electron chi connectivity index (χ1n) is 7.87. The Labute approximate surface area is 156 Å². The second kappa shape index (κ2) is 9.73. The number of alkyl halides is 3. The number of rotatable bonds is 8. The Morgan fingerprint density at radius 1 is 1.36 bits per heavy atom. The predicted molar refractivity (Wildman–Crippen MR) is 88.3 cm³/mol. The minimum Gasteiger partial charge on any atom is -0.499 e. The number of nitro benzene ring substituents is 1. The van der Waals surface area contributed by atoms with Crippen molar-refractivity contribution in [2.75, 3.05) is 26.9 Å². The highest BCUT2D eigenvalue weighted by atomic mass is 19.4. The molecule has 10 nitrogen and oxygen atoms in total. The molecule has 1 aromatic carbocycles. The van der Waals surface area contributed by atoms with Crippen LogP contribution in [0, 0.1) is 10.1 Å². The second-order valence-corrected chi connectivity index (χ2v) is 5.21. The van der Waals surface area contributed by atoms with E-state index in [1.54, 1.807) is 12.2 Å². The number of nitro groups is 1. The number of imide groups is 1. The Morgan fingerprint density at radius 2 is 2.00 bits per heavy atom. The quantitative estimate of drug-likeness (QED) is 0.340. The fourth-order valence-corrected chi connectivity index (χ4v) is 2.15. The van der Waals surface area contributed by atoms with Crippen molar-refractivity contribution in [3.8, 4) is 11.5 Å². The standard InChI is InChI=1S/C15H18F3N3O7/c1-3-28-6-4-5-19-14(24)20-13(23)10-8(15(16,17)18)7-9(27-2)12(22)11(10)21(25)26/h7,22H,3-6H2,1-2H3,(H2,19,20,23,24). The third-order valence-corrected chi connectivity index (χ3v) is 3.36. The lowest BCUT2D eigenvalue weighted by atomic mass is 10.0. The minimum atomic E-state index is -5.20. The summed E-state index contributed by atoms with van der Waals surface area (Å²) in [4.78, 5) is 33.7. The van der Waals surface area contributed by atoms with Crippen LogP contribution in [0.3, 0.4) is 0 Å². The molecule has 0 aliphatic carbocycles. The number of nitrogens with one attached hydrogen (secondary N) is 2. The molecule has 0 atom stereocenters. The van der Waals surface area contributed by atoms with Gasteiger partial charge in [-0.1, -0.05) is 0 Å². The van der Waals surface area contributed by atoms with Gasteiger partial charge in [0.2, 0.25) is 5.75 Å². The van der Waals surface area contributed by atoms with Gasteiger partial charge in [-0.15, -0.1) is 0 Å². The highest BCUT2D eigenvalue weighted by Crippen LogP contribution is 2.45. The molecule has 0 saturated heterocycles. The number of carbonyl (C=O) groups excluding carboxylic acids is 2. The highest BCUT2D eigenvalue weighted by Gasteiger charge is 2.43. The molecule has 0 aliphatic heterocycles. The molecule has 13 heteroatoms. The summed E-state index contributed by atoms with van der Waals surface area (Å²) in [6.07, 6.45) is -4.83. The molecule has 0 heterocycles. The van der Waals surface area contributed by atoms with Gasteiger partial charge in [-0.3, -0.25) is 20.2 Å². The maximum absolute atomic E-state index is 13.3. The van der Waals surface area contributed by atoms with E-state index in [1.165, 1.54) is 0 Å². The summed E-state index contributed by atoms with van der Waals surface area (Å²) < 4.78 is 49.4. The predicted octanol–water partition coefficient (Wildman–Crippen LogP) is 2.19. The van der Waals surface area contributed by atoms with E-state index in [1.807, 2.05) is 0 Å². The van der Waals surface area contributed by atoms with Crippen molar-refractivity contribution >= 4 is 17.6 Å². The van der Waals surface area contributed by atoms with Crippen LogP contribution in [0.15, 0.2) is 6.07 Å². The molecule has 0 spiro atoms. The normalized spacial score (nSPS) is 11.0. The highest BCUT2D eigenvalue weighted by molar-refractivity contribution is 6.08. The molecular formula is C15H18F3N3O7. The smallest absolute Gasteiger partial charge is 0.417 e. The molecule has 1 aromatic rings. The van der Waals surface area contributed by atoms with Gasteiger partial charge in [0.25, 0.3) is 5.91 Å². The number of phenols is 1. The Morgan fingerprint density at radius 3 is 2.50 bits per heavy atom. The van der Waals surface area contributed by atoms with Crippen molar-refractivity contribution in [3.05, 3.63) is 27.3 Å². The van der Waals surface area contributed by atoms with Crippen LogP contribution in [0.5, 0.6) is 11.5 Å². The van der Waals surface area contributed by atoms with E-state index in [2.05, 4.69) is 10.1 Å². The lowest BCUT2D eigenvalue weighted by Gasteiger charge is -2.15. The first kappa shape index (κ1) is 23.0. The second-order valence-electron chi connectivity index (χ2n) is 5.21. The summed E-state index contributed by atoms with van der Waals surface area (Å²) in [5, 5.41) is 24.8. The zero-order valence-corrected chi connectivity index (χ0v) is 14.9. The van der Waals surface area contributed by atoms with Crippen LogP contribution in [0.4, 0.5) is 23.7 Å². The fraction of sp³-hybridized carbons (Fsp3) is 0.467. The van der Waals surface area contributed by atoms with Crippen LogP contribution in [-0.2, 0) is 10.9 Å². The molecule has 0 fully saturated rings. The summed E-state index contributed by atoms with van der Waals surface area (Å²) in [7, 11) is 0.883. The Kier molecular flexibility index (Phi) is 7.98. The number of hydrogen-bond donors (Lipinski definition) is 3. The average molecular weight is 409 g/mol. The van der Waals surface area contributed by atoms with Crippen molar-refractivity contribution in [2.24, 2.45) is 0 Å². The van der Waals surface area contributed by atoms with E-state index >= 15 is 0 Å². The third-order valence-electron chi connectivity index (χ3n) is 3.36. The first-order chi connectivity index (χ1) is 13.0. The maximum Gasteiger partial charge on any atom is 0.417 e. The lowest BCUT2D eigenvalue weighted by Crippen LogP contribution is -2.41. The van der Waals surface area contributed by atoms with Gasteiger partial charge < -0.3 is 19.9 Å². The van der Waals surface area contributed by atoms with E-state index in [0.717, 1.165) is 7.11 Å². The number of ether oxygens (including phenoxy) is 2. The molecule has 3 amide bonds. The van der Waals surface area contributed by atoms with E-state index in [-0.39, 0.29) is 12.6 Å². The maximum atomic E-state index is 13.3. The first-order valence-corrected chi connectivity index (χ1v) is 7.87. The van der Waals surface area contributed by atoms with Crippen molar-refractivity contribution in [1.29, 1.82) is 0 Å². The molecule has 156 valence electrons. The number of aromatic hydroxyl groups is 1. The summed E-state index contributed by atoms with van der Waals surface area (Å²) in [6, 6.07) is -0.934. The van der Waals surface area contributed by atoms with Crippen molar-refractivity contribution in [3.63, 3.8) is 0 Å². The number of carbonyl (C=O) groups is 2. The number of halogens is 3. The van der Waals surface area contributed by atoms with Crippen molar-refractivity contribution in [2.45, 2.75) is 19.5 Å². The van der Waals surface area contributed by atoms with Crippen molar-refractivity contribution in [1.82, 2.24) is 10.6 Å². The summed E-state index contributed by atoms with van der Waals surface area (Å²) >= 11 is 0. The van der Waals surface area contributed by atoms with Crippen LogP contribution in [0.1, 0.15) is 29.3 Å². The Hall–Kier alpha value is -3.09. The van der Waals surface area contributed by atoms with E-state index in [9.17, 15) is 38.0 Å². The summed E-state index contributed by atoms with van der Waals surface area (Å²) in [5.41, 5.74) is -4.79. The van der Waals surface area contributed by atoms with Crippen LogP contribution in [0.25, 0.3) is 0 Å². The van der Waals surface area contributed by atoms with E-state index in [4.69, 9.17) is 4.74 Å². The molecule has 0 radical (unpaired) electrons. The largest absolute Gasteiger partial charge is 0.499 e. The Bertz CT molecular complexity index is 753. The van der Waals surface area contributed by atoms with E-state index < -0.39 is 51.4 Å². The Balaban J connectivity index is 3.20. The topological polar surface area (TPSA) is 140 Å². The van der Waals surface area contributed by atoms with Crippen LogP contribution < -0.4 is 15.4 Å². The van der Waals surface area contributed by atoms with Gasteiger partial charge in [0, 0.05) is 19.8 Å². The van der Waals surface area contributed by atoms with Gasteiger partial charge >= 0.3 is 17.9 Å². The zero-order chi connectivity index (χ0) is 21.5. The molecule has 0 saturated carbocycles. The lowest BCUT2D eigenvalue weighted by molar-refractivity contribution is -0.386. The van der Waals surface area contributed by atoms with Gasteiger partial charge in [0.05, 0.1) is 17.6 Å². The monoisotopic (exact) mass is 409 g/mol. The van der Waals surface area contributed by atoms with Crippen LogP contribution in [-0.4, -0.2) is 48.8 Å². The van der Waals surface area contributed by atoms with Gasteiger partial charge in [-0.05, 0) is 19.4 Å². The SMILES string of the molecule is CCOCCCNC(=O)NC(=O)c1c(C(F)(F)F)cc(OC)c(O)c1[N+](=O)[O-]. The summed E-state index contributed by atoms with van der Waals surface area (Å²) in [5.74, 6) is -3.84. The number of methoxy groups -OCH3 is 1. The van der Waals surface area contributed by atoms with Gasteiger partial charge in [0.15, 0.2) is 5.75 Å². The number of phenolic OH excluding ortho intramolecular Hbond substituents is 1. The van der Waals surface area contributed by atoms with E-state index in [0.29, 0.717) is 19.6 Å². The number of benzene rings is 1. The molecule has 3 N–H and O–H groups in total. The molecule has 0 unspecified atom stereocenters. The average Bonchev–Trinajstić information content (AvgIpc) is 2.59. The number of amides is 3. The molecule has 0 aliphatic rings. The van der Waals surface area contributed by atoms with Gasteiger partial charge in [0.1, 0.15) is 5.56 Å². The number of nitrogens with zero attached hydrogens (tertiary/aromatic N) is 1. The number of urea groups is 1. The zero-order valence-electron chi connectivity index (χ0n) is 14.9. The van der Waals surface area contributed by atoms with Crippen molar-refractivity contribution < 1.29 is 42.3 Å². The summed E-state index contributed by atoms with van der Waals surface area (Å²) in [6.45, 7) is 2.56. The molecule has 28 heavy (non-hydrogen) atoms. The molecule has 0 bridgehead atoms. The third kappa shape index (κ3) is 5.70. The fourth-order valence-electron chi connectivity index (χ4n) is 2.15. The minimum absolute atomic E-state index is 0.0429. The molecule has 1 rings (SSSR count). The van der Waals surface area contributed by atoms with Crippen LogP contribution in [0.2, 0.25) is 0 Å². The molecule has 0 aromatic heterocycles. The molecular weight excluding hydrogens is 391 g/mol. The van der Waals surface area contributed by atoms with Gasteiger partial charge in [-0.2, -0.15) is 13.2 Å².